The molecule has 2 aromatic carbocycles. The van der Waals surface area contributed by atoms with Gasteiger partial charge in [0.15, 0.2) is 0 Å². The maximum atomic E-state index is 11.8. The monoisotopic (exact) mass is 379 g/mol. The number of nitro groups is 1. The number of benzene rings is 2. The molecule has 25 heavy (non-hydrogen) atoms. The minimum atomic E-state index is -0.613. The molecule has 0 bridgehead atoms. The Morgan fingerprint density at radius 1 is 1.04 bits per heavy atom. The summed E-state index contributed by atoms with van der Waals surface area (Å²) in [5, 5.41) is 11.2. The van der Waals surface area contributed by atoms with Crippen LogP contribution in [0.3, 0.4) is 0 Å². The van der Waals surface area contributed by atoms with Gasteiger partial charge in [0, 0.05) is 23.8 Å². The van der Waals surface area contributed by atoms with E-state index in [9.17, 15) is 19.7 Å². The van der Waals surface area contributed by atoms with Gasteiger partial charge >= 0.3 is 0 Å². The zero-order valence-corrected chi connectivity index (χ0v) is 14.0. The molecule has 0 spiro atoms. The zero-order valence-electron chi connectivity index (χ0n) is 12.5. The SMILES string of the molecule is O=C(/C=C/c1cccc(Cl)c1Cl)NNC(=O)c1ccc([N+](=O)[O-])cc1. The second-order valence-electron chi connectivity index (χ2n) is 4.72. The molecule has 0 atom stereocenters. The number of amides is 2. The van der Waals surface area contributed by atoms with Crippen LogP contribution >= 0.6 is 23.2 Å². The Morgan fingerprint density at radius 3 is 2.36 bits per heavy atom. The molecule has 0 fully saturated rings. The van der Waals surface area contributed by atoms with Crippen LogP contribution in [0, 0.1) is 10.1 Å². The van der Waals surface area contributed by atoms with Gasteiger partial charge in [-0.05, 0) is 29.8 Å². The summed E-state index contributed by atoms with van der Waals surface area (Å²) in [6.45, 7) is 0. The number of nitro benzene ring substituents is 1. The fraction of sp³-hybridized carbons (Fsp3) is 0. The molecule has 0 aliphatic rings. The Bertz CT molecular complexity index is 851. The number of non-ortho nitro benzene ring substituents is 1. The minimum absolute atomic E-state index is 0.137. The van der Waals surface area contributed by atoms with E-state index in [4.69, 9.17) is 23.2 Å². The Balaban J connectivity index is 1.93. The van der Waals surface area contributed by atoms with Crippen LogP contribution in [0.1, 0.15) is 15.9 Å². The van der Waals surface area contributed by atoms with Gasteiger partial charge in [-0.15, -0.1) is 0 Å². The molecular weight excluding hydrogens is 369 g/mol. The maximum absolute atomic E-state index is 11.8. The molecule has 0 saturated carbocycles. The molecule has 2 aromatic rings. The molecule has 2 rings (SSSR count). The van der Waals surface area contributed by atoms with E-state index in [1.807, 2.05) is 0 Å². The lowest BCUT2D eigenvalue weighted by atomic mass is 10.2. The summed E-state index contributed by atoms with van der Waals surface area (Å²) in [6.07, 6.45) is 2.62. The van der Waals surface area contributed by atoms with Crippen molar-refractivity contribution in [1.82, 2.24) is 10.9 Å². The summed E-state index contributed by atoms with van der Waals surface area (Å²) in [4.78, 5) is 33.5. The Hall–Kier alpha value is -2.90. The molecule has 0 aliphatic heterocycles. The summed E-state index contributed by atoms with van der Waals surface area (Å²) in [7, 11) is 0. The van der Waals surface area contributed by atoms with E-state index in [0.29, 0.717) is 15.6 Å². The first-order chi connectivity index (χ1) is 11.9. The van der Waals surface area contributed by atoms with E-state index in [2.05, 4.69) is 10.9 Å². The van der Waals surface area contributed by atoms with Crippen molar-refractivity contribution in [2.24, 2.45) is 0 Å². The number of hydrogen-bond donors (Lipinski definition) is 2. The lowest BCUT2D eigenvalue weighted by Gasteiger charge is -2.05. The third kappa shape index (κ3) is 5.03. The van der Waals surface area contributed by atoms with Crippen molar-refractivity contribution in [2.45, 2.75) is 0 Å². The molecule has 0 aromatic heterocycles. The first-order valence-corrected chi connectivity index (χ1v) is 7.61. The van der Waals surface area contributed by atoms with Gasteiger partial charge in [0.05, 0.1) is 15.0 Å². The largest absolute Gasteiger partial charge is 0.269 e. The van der Waals surface area contributed by atoms with Crippen LogP contribution < -0.4 is 10.9 Å². The van der Waals surface area contributed by atoms with E-state index >= 15 is 0 Å². The summed E-state index contributed by atoms with van der Waals surface area (Å²) in [5.41, 5.74) is 4.95. The minimum Gasteiger partial charge on any atom is -0.268 e. The van der Waals surface area contributed by atoms with Crippen molar-refractivity contribution < 1.29 is 14.5 Å². The van der Waals surface area contributed by atoms with Gasteiger partial charge in [0.25, 0.3) is 17.5 Å². The molecule has 7 nitrogen and oxygen atoms in total. The highest BCUT2D eigenvalue weighted by molar-refractivity contribution is 6.42. The topological polar surface area (TPSA) is 101 Å². The standard InChI is InChI=1S/C16H11Cl2N3O4/c17-13-3-1-2-10(15(13)18)6-9-14(22)19-20-16(23)11-4-7-12(8-5-11)21(24)25/h1-9H,(H,19,22)(H,20,23)/b9-6+. The number of rotatable bonds is 4. The maximum Gasteiger partial charge on any atom is 0.269 e. The predicted molar refractivity (Wildman–Crippen MR) is 94.2 cm³/mol. The lowest BCUT2D eigenvalue weighted by Crippen LogP contribution is -2.40. The molecule has 0 unspecified atom stereocenters. The quantitative estimate of drug-likeness (QED) is 0.482. The first-order valence-electron chi connectivity index (χ1n) is 6.85. The number of nitrogens with zero attached hydrogens (tertiary/aromatic N) is 1. The molecule has 0 radical (unpaired) electrons. The van der Waals surface area contributed by atoms with Crippen molar-refractivity contribution in [3.63, 3.8) is 0 Å². The Labute approximate surface area is 152 Å². The van der Waals surface area contributed by atoms with E-state index in [-0.39, 0.29) is 11.3 Å². The molecule has 2 amide bonds. The van der Waals surface area contributed by atoms with E-state index < -0.39 is 16.7 Å². The zero-order chi connectivity index (χ0) is 18.4. The number of carbonyl (C=O) groups excluding carboxylic acids is 2. The molecule has 0 heterocycles. The third-order valence-electron chi connectivity index (χ3n) is 3.04. The molecule has 0 saturated heterocycles. The number of nitrogens with one attached hydrogen (secondary N) is 2. The van der Waals surface area contributed by atoms with Crippen LogP contribution in [-0.2, 0) is 4.79 Å². The lowest BCUT2D eigenvalue weighted by molar-refractivity contribution is -0.384. The predicted octanol–water partition coefficient (Wildman–Crippen LogP) is 3.38. The number of hydrazine groups is 1. The average Bonchev–Trinajstić information content (AvgIpc) is 2.61. The van der Waals surface area contributed by atoms with Crippen molar-refractivity contribution in [1.29, 1.82) is 0 Å². The van der Waals surface area contributed by atoms with Crippen molar-refractivity contribution in [2.75, 3.05) is 0 Å². The molecule has 9 heteroatoms. The van der Waals surface area contributed by atoms with Crippen LogP contribution in [0.5, 0.6) is 0 Å². The third-order valence-corrected chi connectivity index (χ3v) is 3.87. The van der Waals surface area contributed by atoms with E-state index in [1.165, 1.54) is 36.4 Å². The highest BCUT2D eigenvalue weighted by Gasteiger charge is 2.09. The van der Waals surface area contributed by atoms with E-state index in [1.54, 1.807) is 18.2 Å². The average molecular weight is 380 g/mol. The molecule has 128 valence electrons. The van der Waals surface area contributed by atoms with Gasteiger partial charge in [0.2, 0.25) is 0 Å². The van der Waals surface area contributed by atoms with Crippen LogP contribution in [0.25, 0.3) is 6.08 Å². The Morgan fingerprint density at radius 2 is 1.72 bits per heavy atom. The second-order valence-corrected chi connectivity index (χ2v) is 5.51. The number of hydrogen-bond acceptors (Lipinski definition) is 4. The fourth-order valence-electron chi connectivity index (χ4n) is 1.78. The normalized spacial score (nSPS) is 10.5. The van der Waals surface area contributed by atoms with Gasteiger partial charge in [-0.1, -0.05) is 35.3 Å². The van der Waals surface area contributed by atoms with Gasteiger partial charge in [-0.2, -0.15) is 0 Å². The number of carbonyl (C=O) groups is 2. The van der Waals surface area contributed by atoms with Crippen LogP contribution in [0.2, 0.25) is 10.0 Å². The van der Waals surface area contributed by atoms with Crippen LogP contribution in [0.15, 0.2) is 48.5 Å². The summed E-state index contributed by atoms with van der Waals surface area (Å²) in [5.74, 6) is -1.20. The molecular formula is C16H11Cl2N3O4. The summed E-state index contributed by atoms with van der Waals surface area (Å²) < 4.78 is 0. The van der Waals surface area contributed by atoms with Gasteiger partial charge in [0.1, 0.15) is 0 Å². The van der Waals surface area contributed by atoms with Gasteiger partial charge in [-0.3, -0.25) is 30.6 Å². The van der Waals surface area contributed by atoms with Crippen molar-refractivity contribution in [3.8, 4) is 0 Å². The molecule has 2 N–H and O–H groups in total. The Kier molecular flexibility index (Phi) is 6.10. The van der Waals surface area contributed by atoms with E-state index in [0.717, 1.165) is 0 Å². The molecule has 0 aliphatic carbocycles. The fourth-order valence-corrected chi connectivity index (χ4v) is 2.15. The van der Waals surface area contributed by atoms with Crippen LogP contribution in [0.4, 0.5) is 5.69 Å². The van der Waals surface area contributed by atoms with Crippen LogP contribution in [-0.4, -0.2) is 16.7 Å². The highest BCUT2D eigenvalue weighted by atomic mass is 35.5. The highest BCUT2D eigenvalue weighted by Crippen LogP contribution is 2.26. The van der Waals surface area contributed by atoms with Gasteiger partial charge < -0.3 is 0 Å². The first kappa shape index (κ1) is 18.4. The smallest absolute Gasteiger partial charge is 0.268 e. The second kappa shape index (κ2) is 8.27. The summed E-state index contributed by atoms with van der Waals surface area (Å²) in [6, 6.07) is 9.92. The van der Waals surface area contributed by atoms with Crippen molar-refractivity contribution in [3.05, 3.63) is 79.8 Å². The van der Waals surface area contributed by atoms with Crippen molar-refractivity contribution >= 4 is 46.8 Å². The van der Waals surface area contributed by atoms with Gasteiger partial charge in [-0.25, -0.2) is 0 Å². The number of halogens is 2. The summed E-state index contributed by atoms with van der Waals surface area (Å²) >= 11 is 11.9.